The summed E-state index contributed by atoms with van der Waals surface area (Å²) < 4.78 is 11.0. The van der Waals surface area contributed by atoms with Gasteiger partial charge in [-0.2, -0.15) is 9.97 Å². The van der Waals surface area contributed by atoms with Gasteiger partial charge in [0.15, 0.2) is 11.6 Å². The summed E-state index contributed by atoms with van der Waals surface area (Å²) in [6.45, 7) is 4.66. The molecule has 1 aliphatic carbocycles. The van der Waals surface area contributed by atoms with E-state index in [4.69, 9.17) is 19.4 Å². The van der Waals surface area contributed by atoms with Crippen molar-refractivity contribution in [3.05, 3.63) is 157 Å². The highest BCUT2D eigenvalue weighted by Gasteiger charge is 2.36. The number of hydrogen-bond donors (Lipinski definition) is 0. The van der Waals surface area contributed by atoms with Crippen LogP contribution in [-0.2, 0) is 5.41 Å². The molecule has 5 nitrogen and oxygen atoms in total. The fourth-order valence-corrected chi connectivity index (χ4v) is 10.1. The van der Waals surface area contributed by atoms with Gasteiger partial charge >= 0.3 is 0 Å². The number of benzene rings is 7. The van der Waals surface area contributed by atoms with Gasteiger partial charge in [-0.15, -0.1) is 11.3 Å². The van der Waals surface area contributed by atoms with Crippen molar-refractivity contribution in [3.8, 4) is 39.9 Å². The van der Waals surface area contributed by atoms with E-state index in [1.54, 1.807) is 11.3 Å². The second kappa shape index (κ2) is 10.7. The molecule has 4 heterocycles. The second-order valence-corrected chi connectivity index (χ2v) is 15.9. The summed E-state index contributed by atoms with van der Waals surface area (Å²) in [5, 5.41) is 6.94. The Hall–Kier alpha value is -6.63. The highest BCUT2D eigenvalue weighted by Crippen LogP contribution is 2.51. The van der Waals surface area contributed by atoms with Crippen LogP contribution in [0, 0.1) is 0 Å². The van der Waals surface area contributed by atoms with Gasteiger partial charge in [-0.25, -0.2) is 4.98 Å². The summed E-state index contributed by atoms with van der Waals surface area (Å²) in [6, 6.07) is 51.7. The number of furan rings is 1. The molecule has 0 N–H and O–H groups in total. The molecular formula is C48H30N4OS. The molecule has 0 radical (unpaired) electrons. The maximum absolute atomic E-state index is 6.35. The Kier molecular flexibility index (Phi) is 5.93. The first-order valence-electron chi connectivity index (χ1n) is 18.3. The predicted octanol–water partition coefficient (Wildman–Crippen LogP) is 12.9. The van der Waals surface area contributed by atoms with E-state index < -0.39 is 0 Å². The first-order chi connectivity index (χ1) is 26.5. The monoisotopic (exact) mass is 710 g/mol. The molecule has 0 atom stereocenters. The molecule has 254 valence electrons. The van der Waals surface area contributed by atoms with Crippen LogP contribution in [0.1, 0.15) is 25.0 Å². The number of para-hydroxylation sites is 2. The van der Waals surface area contributed by atoms with Crippen molar-refractivity contribution in [3.63, 3.8) is 0 Å². The van der Waals surface area contributed by atoms with Crippen molar-refractivity contribution in [1.82, 2.24) is 19.5 Å². The lowest BCUT2D eigenvalue weighted by Gasteiger charge is -2.21. The van der Waals surface area contributed by atoms with E-state index in [2.05, 4.69) is 146 Å². The maximum atomic E-state index is 6.35. The molecule has 4 aromatic heterocycles. The number of hydrogen-bond acceptors (Lipinski definition) is 5. The van der Waals surface area contributed by atoms with Crippen LogP contribution in [0.15, 0.2) is 150 Å². The molecule has 7 aromatic carbocycles. The van der Waals surface area contributed by atoms with Gasteiger partial charge in [-0.1, -0.05) is 111 Å². The Balaban J connectivity index is 1.16. The van der Waals surface area contributed by atoms with Crippen LogP contribution < -0.4 is 0 Å². The normalized spacial score (nSPS) is 13.5. The van der Waals surface area contributed by atoms with Gasteiger partial charge in [0, 0.05) is 58.3 Å². The minimum absolute atomic E-state index is 0.157. The van der Waals surface area contributed by atoms with E-state index in [1.165, 1.54) is 43.1 Å². The average Bonchev–Trinajstić information content (AvgIpc) is 3.93. The second-order valence-electron chi connectivity index (χ2n) is 14.8. The molecule has 11 aromatic rings. The quantitative estimate of drug-likeness (QED) is 0.183. The van der Waals surface area contributed by atoms with Crippen LogP contribution in [0.5, 0.6) is 0 Å². The van der Waals surface area contributed by atoms with Gasteiger partial charge in [0.05, 0.1) is 11.0 Å². The molecule has 0 saturated carbocycles. The SMILES string of the molecule is CC1(C)c2ccccc2-c2cc3c4ccccc4n(-c4nc(-c5ccc6c(c5)oc5ccccc56)nc(-c5cccc6c5sc5ccccc56)n4)c3cc21. The summed E-state index contributed by atoms with van der Waals surface area (Å²) in [4.78, 5) is 16.0. The van der Waals surface area contributed by atoms with Crippen LogP contribution >= 0.6 is 11.3 Å². The van der Waals surface area contributed by atoms with E-state index >= 15 is 0 Å². The van der Waals surface area contributed by atoms with Gasteiger partial charge in [0.2, 0.25) is 5.95 Å². The van der Waals surface area contributed by atoms with E-state index in [9.17, 15) is 0 Å². The fraction of sp³-hybridized carbons (Fsp3) is 0.0625. The van der Waals surface area contributed by atoms with Crippen LogP contribution in [0.3, 0.4) is 0 Å². The van der Waals surface area contributed by atoms with Crippen molar-refractivity contribution in [2.75, 3.05) is 0 Å². The molecule has 0 saturated heterocycles. The van der Waals surface area contributed by atoms with E-state index in [-0.39, 0.29) is 5.41 Å². The Morgan fingerprint density at radius 3 is 2.15 bits per heavy atom. The molecule has 0 spiro atoms. The third-order valence-corrected chi connectivity index (χ3v) is 12.7. The van der Waals surface area contributed by atoms with Crippen LogP contribution in [0.2, 0.25) is 0 Å². The first-order valence-corrected chi connectivity index (χ1v) is 19.1. The molecule has 1 aliphatic rings. The molecule has 6 heteroatoms. The molecular weight excluding hydrogens is 681 g/mol. The van der Waals surface area contributed by atoms with Gasteiger partial charge in [0.25, 0.3) is 0 Å². The third-order valence-electron chi connectivity index (χ3n) is 11.5. The van der Waals surface area contributed by atoms with E-state index in [0.717, 1.165) is 54.2 Å². The van der Waals surface area contributed by atoms with E-state index in [0.29, 0.717) is 17.6 Å². The number of rotatable bonds is 3. The summed E-state index contributed by atoms with van der Waals surface area (Å²) in [6.07, 6.45) is 0. The topological polar surface area (TPSA) is 56.7 Å². The van der Waals surface area contributed by atoms with Crippen molar-refractivity contribution >= 4 is 75.3 Å². The van der Waals surface area contributed by atoms with Crippen LogP contribution in [0.4, 0.5) is 0 Å². The standard InChI is InChI=1S/C48H30N4OS/c1-48(2)37-18-7-3-12-28(37)35-25-36-29-13-4-8-19-39(29)52(40(36)26-38(35)48)47-50-45(27-22-23-31-30-14-5-9-20-41(30)53-42(31)24-27)49-46(51-47)34-17-11-16-33-32-15-6-10-21-43(32)54-44(33)34/h3-26H,1-2H3. The number of nitrogens with zero attached hydrogens (tertiary/aromatic N) is 4. The molecule has 0 aliphatic heterocycles. The fourth-order valence-electron chi connectivity index (χ4n) is 8.88. The Labute approximate surface area is 313 Å². The predicted molar refractivity (Wildman–Crippen MR) is 223 cm³/mol. The summed E-state index contributed by atoms with van der Waals surface area (Å²) >= 11 is 1.78. The van der Waals surface area contributed by atoms with Gasteiger partial charge in [-0.3, -0.25) is 4.57 Å². The van der Waals surface area contributed by atoms with Crippen LogP contribution in [-0.4, -0.2) is 19.5 Å². The van der Waals surface area contributed by atoms with Gasteiger partial charge in [-0.05, 0) is 70.8 Å². The Morgan fingerprint density at radius 1 is 0.500 bits per heavy atom. The van der Waals surface area contributed by atoms with Gasteiger partial charge < -0.3 is 4.42 Å². The molecule has 54 heavy (non-hydrogen) atoms. The average molecular weight is 711 g/mol. The Bertz CT molecular complexity index is 3380. The highest BCUT2D eigenvalue weighted by atomic mass is 32.1. The summed E-state index contributed by atoms with van der Waals surface area (Å²) in [7, 11) is 0. The van der Waals surface area contributed by atoms with Gasteiger partial charge in [0.1, 0.15) is 11.2 Å². The van der Waals surface area contributed by atoms with E-state index in [1.807, 2.05) is 18.2 Å². The summed E-state index contributed by atoms with van der Waals surface area (Å²) in [5.74, 6) is 1.81. The van der Waals surface area contributed by atoms with Crippen molar-refractivity contribution in [1.29, 1.82) is 0 Å². The molecule has 0 fully saturated rings. The summed E-state index contributed by atoms with van der Waals surface area (Å²) in [5.41, 5.74) is 10.7. The molecule has 0 unspecified atom stereocenters. The minimum Gasteiger partial charge on any atom is -0.456 e. The minimum atomic E-state index is -0.157. The first kappa shape index (κ1) is 29.9. The lowest BCUT2D eigenvalue weighted by atomic mass is 9.82. The molecule has 0 bridgehead atoms. The molecule has 0 amide bonds. The Morgan fingerprint density at radius 2 is 1.22 bits per heavy atom. The number of aromatic nitrogens is 4. The zero-order valence-electron chi connectivity index (χ0n) is 29.5. The maximum Gasteiger partial charge on any atom is 0.238 e. The lowest BCUT2D eigenvalue weighted by Crippen LogP contribution is -2.15. The smallest absolute Gasteiger partial charge is 0.238 e. The largest absolute Gasteiger partial charge is 0.456 e. The van der Waals surface area contributed by atoms with Crippen molar-refractivity contribution in [2.45, 2.75) is 19.3 Å². The zero-order chi connectivity index (χ0) is 35.7. The lowest BCUT2D eigenvalue weighted by molar-refractivity contribution is 0.661. The third kappa shape index (κ3) is 4.06. The van der Waals surface area contributed by atoms with Crippen molar-refractivity contribution < 1.29 is 4.42 Å². The highest BCUT2D eigenvalue weighted by molar-refractivity contribution is 7.26. The number of fused-ring (bicyclic) bond motifs is 12. The number of thiophene rings is 1. The van der Waals surface area contributed by atoms with Crippen LogP contribution in [0.25, 0.3) is 104 Å². The van der Waals surface area contributed by atoms with Crippen molar-refractivity contribution in [2.24, 2.45) is 0 Å². The zero-order valence-corrected chi connectivity index (χ0v) is 30.3. The molecule has 12 rings (SSSR count).